The molecule has 1 aliphatic rings. The van der Waals surface area contributed by atoms with Crippen LogP contribution >= 0.6 is 0 Å². The average molecular weight is 500 g/mol. The van der Waals surface area contributed by atoms with Gasteiger partial charge < -0.3 is 9.42 Å². The summed E-state index contributed by atoms with van der Waals surface area (Å²) in [6.07, 6.45) is 6.96. The summed E-state index contributed by atoms with van der Waals surface area (Å²) in [4.78, 5) is 23.9. The predicted molar refractivity (Wildman–Crippen MR) is 134 cm³/mol. The molecule has 0 radical (unpaired) electrons. The van der Waals surface area contributed by atoms with Crippen molar-refractivity contribution in [1.29, 1.82) is 0 Å². The summed E-state index contributed by atoms with van der Waals surface area (Å²) in [5.74, 6) is -1.40. The number of pyridine rings is 2. The Morgan fingerprint density at radius 1 is 1.00 bits per heavy atom. The highest BCUT2D eigenvalue weighted by atomic mass is 19.2. The number of hydrogen-bond donors (Lipinski definition) is 0. The van der Waals surface area contributed by atoms with Gasteiger partial charge in [-0.3, -0.25) is 14.2 Å². The molecule has 37 heavy (non-hydrogen) atoms. The first-order valence-corrected chi connectivity index (χ1v) is 12.0. The number of amides is 1. The van der Waals surface area contributed by atoms with Gasteiger partial charge in [0.15, 0.2) is 11.6 Å². The van der Waals surface area contributed by atoms with Gasteiger partial charge >= 0.3 is 0 Å². The zero-order valence-electron chi connectivity index (χ0n) is 20.3. The van der Waals surface area contributed by atoms with Crippen molar-refractivity contribution in [3.8, 4) is 22.4 Å². The van der Waals surface area contributed by atoms with Crippen molar-refractivity contribution in [1.82, 2.24) is 19.5 Å². The largest absolute Gasteiger partial charge is 0.361 e. The molecule has 9 heteroatoms. The summed E-state index contributed by atoms with van der Waals surface area (Å²) in [5, 5.41) is 4.07. The van der Waals surface area contributed by atoms with Crippen LogP contribution in [0.5, 0.6) is 0 Å². The maximum atomic E-state index is 14.2. The molecular formula is C28H23F2N5O2. The minimum absolute atomic E-state index is 0.156. The molecule has 1 unspecified atom stereocenters. The molecule has 1 saturated heterocycles. The highest BCUT2D eigenvalue weighted by Gasteiger charge is 2.35. The maximum Gasteiger partial charge on any atom is 0.227 e. The van der Waals surface area contributed by atoms with Gasteiger partial charge in [-0.15, -0.1) is 0 Å². The van der Waals surface area contributed by atoms with Crippen LogP contribution in [0.25, 0.3) is 28.0 Å². The lowest BCUT2D eigenvalue weighted by atomic mass is 9.95. The van der Waals surface area contributed by atoms with Crippen molar-refractivity contribution in [2.24, 2.45) is 0 Å². The second-order valence-corrected chi connectivity index (χ2v) is 9.19. The monoisotopic (exact) mass is 499 g/mol. The molecule has 6 rings (SSSR count). The van der Waals surface area contributed by atoms with Crippen LogP contribution in [0.2, 0.25) is 0 Å². The first-order chi connectivity index (χ1) is 17.9. The number of halogens is 2. The molecule has 0 aliphatic carbocycles. The van der Waals surface area contributed by atoms with Gasteiger partial charge in [0.25, 0.3) is 0 Å². The van der Waals surface area contributed by atoms with Gasteiger partial charge in [0, 0.05) is 47.9 Å². The lowest BCUT2D eigenvalue weighted by molar-refractivity contribution is -0.120. The van der Waals surface area contributed by atoms with Crippen LogP contribution in [0, 0.1) is 25.5 Å². The van der Waals surface area contributed by atoms with Crippen LogP contribution in [0.1, 0.15) is 42.5 Å². The molecular weight excluding hydrogens is 476 g/mol. The van der Waals surface area contributed by atoms with Gasteiger partial charge in [0.1, 0.15) is 11.4 Å². The van der Waals surface area contributed by atoms with Crippen LogP contribution < -0.4 is 4.90 Å². The van der Waals surface area contributed by atoms with E-state index in [0.717, 1.165) is 40.2 Å². The maximum absolute atomic E-state index is 14.2. The summed E-state index contributed by atoms with van der Waals surface area (Å²) in [6.45, 7) is 3.76. The van der Waals surface area contributed by atoms with Crippen LogP contribution in [0.4, 0.5) is 14.5 Å². The Kier molecular flexibility index (Phi) is 5.55. The van der Waals surface area contributed by atoms with E-state index in [1.165, 1.54) is 6.07 Å². The Balaban J connectivity index is 1.56. The number of imidazole rings is 1. The SMILES string of the molecule is Cc1noc(C)c1-c1ccn2c(-c3ccncc3)c(C3CCCC(=O)N3c3ccc(F)c(F)c3)nc2c1. The van der Waals surface area contributed by atoms with E-state index in [-0.39, 0.29) is 5.91 Å². The molecule has 5 heterocycles. The van der Waals surface area contributed by atoms with E-state index >= 15 is 0 Å². The molecule has 0 saturated carbocycles. The molecule has 186 valence electrons. The van der Waals surface area contributed by atoms with E-state index in [1.807, 2.05) is 48.7 Å². The van der Waals surface area contributed by atoms with Crippen LogP contribution in [0.3, 0.4) is 0 Å². The molecule has 1 aromatic carbocycles. The van der Waals surface area contributed by atoms with Crippen LogP contribution in [0.15, 0.2) is 65.6 Å². The number of carbonyl (C=O) groups excluding carboxylic acids is 1. The lowest BCUT2D eigenvalue weighted by Gasteiger charge is -2.35. The van der Waals surface area contributed by atoms with Crippen molar-refractivity contribution in [3.63, 3.8) is 0 Å². The number of anilines is 1. The number of hydrogen-bond acceptors (Lipinski definition) is 5. The Morgan fingerprint density at radius 3 is 2.54 bits per heavy atom. The highest BCUT2D eigenvalue weighted by Crippen LogP contribution is 2.41. The van der Waals surface area contributed by atoms with Gasteiger partial charge in [0.05, 0.1) is 23.1 Å². The fraction of sp³-hybridized carbons (Fsp3) is 0.214. The molecule has 4 aromatic heterocycles. The number of nitrogens with zero attached hydrogens (tertiary/aromatic N) is 5. The second kappa shape index (κ2) is 8.92. The molecule has 1 atom stereocenters. The third kappa shape index (κ3) is 3.87. The van der Waals surface area contributed by atoms with E-state index in [9.17, 15) is 13.6 Å². The van der Waals surface area contributed by atoms with Gasteiger partial charge in [-0.2, -0.15) is 0 Å². The number of aromatic nitrogens is 4. The summed E-state index contributed by atoms with van der Waals surface area (Å²) in [5.41, 5.74) is 5.98. The number of piperidine rings is 1. The third-order valence-electron chi connectivity index (χ3n) is 6.87. The molecule has 0 bridgehead atoms. The Hall–Kier alpha value is -4.40. The highest BCUT2D eigenvalue weighted by molar-refractivity contribution is 5.95. The first kappa shape index (κ1) is 23.0. The van der Waals surface area contributed by atoms with Crippen LogP contribution in [-0.2, 0) is 4.79 Å². The minimum Gasteiger partial charge on any atom is -0.361 e. The molecule has 1 fully saturated rings. The average Bonchev–Trinajstić information content (AvgIpc) is 3.44. The first-order valence-electron chi connectivity index (χ1n) is 12.0. The minimum atomic E-state index is -0.997. The molecule has 0 spiro atoms. The van der Waals surface area contributed by atoms with Crippen molar-refractivity contribution in [3.05, 3.63) is 89.8 Å². The van der Waals surface area contributed by atoms with Crippen LogP contribution in [-0.4, -0.2) is 25.4 Å². The van der Waals surface area contributed by atoms with E-state index in [4.69, 9.17) is 9.51 Å². The summed E-state index contributed by atoms with van der Waals surface area (Å²) < 4.78 is 35.2. The third-order valence-corrected chi connectivity index (χ3v) is 6.87. The Morgan fingerprint density at radius 2 is 1.81 bits per heavy atom. The molecule has 1 amide bonds. The summed E-state index contributed by atoms with van der Waals surface area (Å²) in [6, 6.07) is 10.8. The van der Waals surface area contributed by atoms with Gasteiger partial charge in [-0.05, 0) is 68.7 Å². The standard InChI is InChI=1S/C28H23F2N5O2/c1-16-26(17(2)37-33-16)19-10-13-34-24(14-19)32-27(28(34)18-8-11-31-12-9-18)23-4-3-5-25(36)35(23)20-6-7-21(29)22(30)15-20/h6-15,23H,3-5H2,1-2H3. The second-order valence-electron chi connectivity index (χ2n) is 9.19. The quantitative estimate of drug-likeness (QED) is 0.294. The van der Waals surface area contributed by atoms with E-state index < -0.39 is 17.7 Å². The van der Waals surface area contributed by atoms with Gasteiger partial charge in [-0.25, -0.2) is 13.8 Å². The zero-order chi connectivity index (χ0) is 25.7. The fourth-order valence-corrected chi connectivity index (χ4v) is 5.23. The smallest absolute Gasteiger partial charge is 0.227 e. The number of benzene rings is 1. The normalized spacial score (nSPS) is 16.1. The fourth-order valence-electron chi connectivity index (χ4n) is 5.23. The van der Waals surface area contributed by atoms with E-state index in [1.54, 1.807) is 17.3 Å². The number of rotatable bonds is 4. The Bertz CT molecular complexity index is 1620. The van der Waals surface area contributed by atoms with Crippen molar-refractivity contribution in [2.45, 2.75) is 39.2 Å². The summed E-state index contributed by atoms with van der Waals surface area (Å²) in [7, 11) is 0. The van der Waals surface area contributed by atoms with E-state index in [2.05, 4.69) is 10.1 Å². The molecule has 1 aliphatic heterocycles. The number of aryl methyl sites for hydroxylation is 2. The molecule has 5 aromatic rings. The zero-order valence-corrected chi connectivity index (χ0v) is 20.3. The lowest BCUT2D eigenvalue weighted by Crippen LogP contribution is -2.38. The van der Waals surface area contributed by atoms with Gasteiger partial charge in [0.2, 0.25) is 5.91 Å². The number of fused-ring (bicyclic) bond motifs is 1. The molecule has 0 N–H and O–H groups in total. The summed E-state index contributed by atoms with van der Waals surface area (Å²) >= 11 is 0. The Labute approximate surface area is 211 Å². The van der Waals surface area contributed by atoms with Crippen molar-refractivity contribution in [2.75, 3.05) is 4.90 Å². The molecule has 7 nitrogen and oxygen atoms in total. The van der Waals surface area contributed by atoms with Gasteiger partial charge in [-0.1, -0.05) is 5.16 Å². The van der Waals surface area contributed by atoms with Crippen molar-refractivity contribution < 1.29 is 18.1 Å². The van der Waals surface area contributed by atoms with E-state index in [0.29, 0.717) is 42.1 Å². The predicted octanol–water partition coefficient (Wildman–Crippen LogP) is 6.20. The topological polar surface area (TPSA) is 76.5 Å². The number of carbonyl (C=O) groups is 1. The van der Waals surface area contributed by atoms with Crippen molar-refractivity contribution >= 4 is 17.2 Å².